The number of hydrogen-bond acceptors (Lipinski definition) is 3. The minimum Gasteiger partial charge on any atom is -0.496 e. The third-order valence-corrected chi connectivity index (χ3v) is 4.99. The second kappa shape index (κ2) is 6.43. The lowest BCUT2D eigenvalue weighted by atomic mass is 9.74. The summed E-state index contributed by atoms with van der Waals surface area (Å²) in [5, 5.41) is 0. The average Bonchev–Trinajstić information content (AvgIpc) is 2.57. The number of ether oxygens (including phenoxy) is 2. The highest BCUT2D eigenvalue weighted by Gasteiger charge is 2.39. The fraction of sp³-hybridized carbons (Fsp3) is 0.588. The Labute approximate surface area is 134 Å². The van der Waals surface area contributed by atoms with Crippen LogP contribution in [0.5, 0.6) is 5.75 Å². The van der Waals surface area contributed by atoms with E-state index in [9.17, 15) is 13.6 Å². The summed E-state index contributed by atoms with van der Waals surface area (Å²) in [4.78, 5) is 14.4. The predicted octanol–water partition coefficient (Wildman–Crippen LogP) is 3.01. The van der Waals surface area contributed by atoms with Crippen molar-refractivity contribution in [3.8, 4) is 5.75 Å². The molecule has 1 spiro atoms. The van der Waals surface area contributed by atoms with Crippen LogP contribution >= 0.6 is 0 Å². The van der Waals surface area contributed by atoms with Crippen molar-refractivity contribution in [1.82, 2.24) is 4.90 Å². The number of benzene rings is 1. The molecule has 0 aliphatic carbocycles. The van der Waals surface area contributed by atoms with Gasteiger partial charge in [0, 0.05) is 26.3 Å². The molecule has 0 atom stereocenters. The first-order valence-electron chi connectivity index (χ1n) is 7.95. The molecule has 0 unspecified atom stereocenters. The van der Waals surface area contributed by atoms with E-state index < -0.39 is 17.5 Å². The van der Waals surface area contributed by atoms with Crippen LogP contribution in [0.25, 0.3) is 0 Å². The Morgan fingerprint density at radius 3 is 2.70 bits per heavy atom. The highest BCUT2D eigenvalue weighted by Crippen LogP contribution is 2.40. The van der Waals surface area contributed by atoms with E-state index in [2.05, 4.69) is 0 Å². The maximum absolute atomic E-state index is 14.2. The molecule has 0 aromatic heterocycles. The van der Waals surface area contributed by atoms with Gasteiger partial charge in [0.25, 0.3) is 5.91 Å². The SMILES string of the molecule is COc1ccc(F)c(F)c1C(=O)N1CCCC2(CCOCC2)C1. The van der Waals surface area contributed by atoms with E-state index >= 15 is 0 Å². The Kier molecular flexibility index (Phi) is 4.53. The van der Waals surface area contributed by atoms with Crippen molar-refractivity contribution in [3.05, 3.63) is 29.3 Å². The average molecular weight is 325 g/mol. The largest absolute Gasteiger partial charge is 0.496 e. The molecule has 4 nitrogen and oxygen atoms in total. The van der Waals surface area contributed by atoms with Crippen molar-refractivity contribution < 1.29 is 23.0 Å². The molecule has 2 saturated heterocycles. The number of halogens is 2. The number of amides is 1. The zero-order valence-corrected chi connectivity index (χ0v) is 13.2. The van der Waals surface area contributed by atoms with Gasteiger partial charge in [-0.25, -0.2) is 8.78 Å². The normalized spacial score (nSPS) is 20.6. The molecule has 0 bridgehead atoms. The van der Waals surface area contributed by atoms with E-state index in [1.807, 2.05) is 0 Å². The number of nitrogens with zero attached hydrogens (tertiary/aromatic N) is 1. The van der Waals surface area contributed by atoms with Crippen LogP contribution in [0.15, 0.2) is 12.1 Å². The Morgan fingerprint density at radius 2 is 2.00 bits per heavy atom. The third-order valence-electron chi connectivity index (χ3n) is 4.99. The summed E-state index contributed by atoms with van der Waals surface area (Å²) in [5.74, 6) is -2.60. The van der Waals surface area contributed by atoms with Crippen molar-refractivity contribution >= 4 is 5.91 Å². The minimum absolute atomic E-state index is 0.0448. The minimum atomic E-state index is -1.14. The molecular weight excluding hydrogens is 304 g/mol. The first-order valence-corrected chi connectivity index (χ1v) is 7.95. The molecule has 6 heteroatoms. The van der Waals surface area contributed by atoms with Gasteiger partial charge in [-0.2, -0.15) is 0 Å². The first-order chi connectivity index (χ1) is 11.1. The number of carbonyl (C=O) groups is 1. The fourth-order valence-corrected chi connectivity index (χ4v) is 3.65. The van der Waals surface area contributed by atoms with Crippen LogP contribution in [0.2, 0.25) is 0 Å². The lowest BCUT2D eigenvalue weighted by Crippen LogP contribution is -2.48. The molecule has 3 rings (SSSR count). The van der Waals surface area contributed by atoms with Crippen LogP contribution in [0.4, 0.5) is 8.78 Å². The van der Waals surface area contributed by atoms with Crippen molar-refractivity contribution in [2.45, 2.75) is 25.7 Å². The van der Waals surface area contributed by atoms with Crippen molar-refractivity contribution in [2.24, 2.45) is 5.41 Å². The Morgan fingerprint density at radius 1 is 1.26 bits per heavy atom. The Hall–Kier alpha value is -1.69. The second-order valence-electron chi connectivity index (χ2n) is 6.38. The molecule has 2 fully saturated rings. The second-order valence-corrected chi connectivity index (χ2v) is 6.38. The number of rotatable bonds is 2. The molecule has 2 heterocycles. The van der Waals surface area contributed by atoms with E-state index in [-0.39, 0.29) is 16.7 Å². The number of methoxy groups -OCH3 is 1. The van der Waals surface area contributed by atoms with Crippen molar-refractivity contribution in [3.63, 3.8) is 0 Å². The quantitative estimate of drug-likeness (QED) is 0.839. The van der Waals surface area contributed by atoms with Gasteiger partial charge in [-0.05, 0) is 43.2 Å². The van der Waals surface area contributed by atoms with Gasteiger partial charge in [0.2, 0.25) is 0 Å². The van der Waals surface area contributed by atoms with Gasteiger partial charge < -0.3 is 14.4 Å². The van der Waals surface area contributed by atoms with Crippen LogP contribution in [0, 0.1) is 17.0 Å². The summed E-state index contributed by atoms with van der Waals surface area (Å²) >= 11 is 0. The van der Waals surface area contributed by atoms with E-state index in [1.54, 1.807) is 4.90 Å². The maximum Gasteiger partial charge on any atom is 0.260 e. The summed E-state index contributed by atoms with van der Waals surface area (Å²) in [6, 6.07) is 2.26. The molecule has 2 aliphatic heterocycles. The van der Waals surface area contributed by atoms with Crippen molar-refractivity contribution in [1.29, 1.82) is 0 Å². The maximum atomic E-state index is 14.2. The summed E-state index contributed by atoms with van der Waals surface area (Å²) in [6.07, 6.45) is 3.72. The Bertz CT molecular complexity index is 594. The molecule has 23 heavy (non-hydrogen) atoms. The number of piperidine rings is 1. The van der Waals surface area contributed by atoms with Gasteiger partial charge in [-0.3, -0.25) is 4.79 Å². The number of hydrogen-bond donors (Lipinski definition) is 0. The fourth-order valence-electron chi connectivity index (χ4n) is 3.65. The monoisotopic (exact) mass is 325 g/mol. The standard InChI is InChI=1S/C17H21F2NO3/c1-22-13-4-3-12(18)15(19)14(13)16(21)20-8-2-5-17(11-20)6-9-23-10-7-17/h3-4H,2,5-11H2,1H3. The smallest absolute Gasteiger partial charge is 0.260 e. The summed E-state index contributed by atoms with van der Waals surface area (Å²) in [6.45, 7) is 2.51. The zero-order chi connectivity index (χ0) is 16.4. The summed E-state index contributed by atoms with van der Waals surface area (Å²) < 4.78 is 38.2. The molecular formula is C17H21F2NO3. The van der Waals surface area contributed by atoms with Gasteiger partial charge in [-0.1, -0.05) is 0 Å². The summed E-state index contributed by atoms with van der Waals surface area (Å²) in [7, 11) is 1.35. The highest BCUT2D eigenvalue weighted by atomic mass is 19.2. The first kappa shape index (κ1) is 16.2. The van der Waals surface area contributed by atoms with Gasteiger partial charge in [-0.15, -0.1) is 0 Å². The molecule has 0 radical (unpaired) electrons. The molecule has 1 amide bonds. The van der Waals surface area contributed by atoms with E-state index in [0.717, 1.165) is 31.7 Å². The lowest BCUT2D eigenvalue weighted by Gasteiger charge is -2.45. The molecule has 0 N–H and O–H groups in total. The van der Waals surface area contributed by atoms with Gasteiger partial charge >= 0.3 is 0 Å². The number of carbonyl (C=O) groups excluding carboxylic acids is 1. The lowest BCUT2D eigenvalue weighted by molar-refractivity contribution is -0.0231. The van der Waals surface area contributed by atoms with Gasteiger partial charge in [0.05, 0.1) is 7.11 Å². The van der Waals surface area contributed by atoms with E-state index in [4.69, 9.17) is 9.47 Å². The number of likely N-dealkylation sites (tertiary alicyclic amines) is 1. The predicted molar refractivity (Wildman–Crippen MR) is 80.5 cm³/mol. The van der Waals surface area contributed by atoms with Crippen LogP contribution < -0.4 is 4.74 Å². The van der Waals surface area contributed by atoms with Crippen LogP contribution in [0.3, 0.4) is 0 Å². The van der Waals surface area contributed by atoms with Crippen LogP contribution in [-0.4, -0.2) is 44.2 Å². The van der Waals surface area contributed by atoms with Crippen molar-refractivity contribution in [2.75, 3.05) is 33.4 Å². The van der Waals surface area contributed by atoms with Gasteiger partial charge in [0.1, 0.15) is 11.3 Å². The molecule has 1 aromatic rings. The molecule has 2 aliphatic rings. The van der Waals surface area contributed by atoms with Crippen LogP contribution in [0.1, 0.15) is 36.0 Å². The van der Waals surface area contributed by atoms with Crippen LogP contribution in [-0.2, 0) is 4.74 Å². The summed E-state index contributed by atoms with van der Waals surface area (Å²) in [5.41, 5.74) is -0.264. The Balaban J connectivity index is 1.87. The molecule has 126 valence electrons. The third kappa shape index (κ3) is 3.04. The topological polar surface area (TPSA) is 38.8 Å². The zero-order valence-electron chi connectivity index (χ0n) is 13.2. The van der Waals surface area contributed by atoms with Gasteiger partial charge in [0.15, 0.2) is 11.6 Å². The molecule has 1 aromatic carbocycles. The van der Waals surface area contributed by atoms with E-state index in [0.29, 0.717) is 26.3 Å². The highest BCUT2D eigenvalue weighted by molar-refractivity contribution is 5.97. The van der Waals surface area contributed by atoms with E-state index in [1.165, 1.54) is 13.2 Å². The molecule has 0 saturated carbocycles.